The molecular weight excluding hydrogens is 318 g/mol. The summed E-state index contributed by atoms with van der Waals surface area (Å²) in [4.78, 5) is 0.395. The fourth-order valence-corrected chi connectivity index (χ4v) is 5.02. The highest BCUT2D eigenvalue weighted by Crippen LogP contribution is 2.34. The van der Waals surface area contributed by atoms with E-state index in [1.807, 2.05) is 19.1 Å². The molecule has 0 bridgehead atoms. The molecule has 0 N–H and O–H groups in total. The molecule has 0 amide bonds. The Kier molecular flexibility index (Phi) is 5.07. The molecule has 2 aromatic carbocycles. The van der Waals surface area contributed by atoms with Crippen molar-refractivity contribution in [2.24, 2.45) is 0 Å². The third-order valence-electron chi connectivity index (χ3n) is 4.79. The molecule has 1 saturated heterocycles. The van der Waals surface area contributed by atoms with Gasteiger partial charge in [0.25, 0.3) is 0 Å². The minimum atomic E-state index is -3.48. The van der Waals surface area contributed by atoms with Crippen molar-refractivity contribution in [3.8, 4) is 0 Å². The Hall–Kier alpha value is -1.65. The van der Waals surface area contributed by atoms with Crippen LogP contribution in [0.5, 0.6) is 0 Å². The zero-order valence-corrected chi connectivity index (χ0v) is 15.2. The van der Waals surface area contributed by atoms with E-state index >= 15 is 0 Å². The first kappa shape index (κ1) is 17.2. The molecule has 4 heteroatoms. The van der Waals surface area contributed by atoms with Crippen molar-refractivity contribution >= 4 is 10.0 Å². The van der Waals surface area contributed by atoms with Crippen LogP contribution in [0.3, 0.4) is 0 Å². The van der Waals surface area contributed by atoms with Crippen LogP contribution in [0.2, 0.25) is 0 Å². The predicted molar refractivity (Wildman–Crippen MR) is 97.5 cm³/mol. The first-order valence-corrected chi connectivity index (χ1v) is 10.1. The van der Waals surface area contributed by atoms with Gasteiger partial charge in [0, 0.05) is 6.54 Å². The van der Waals surface area contributed by atoms with Gasteiger partial charge in [-0.25, -0.2) is 8.42 Å². The standard InChI is InChI=1S/C20H25NO2S/c1-16-7-11-18(12-8-16)20-6-4-3-5-15-21(20)24(22,23)19-13-9-17(2)10-14-19/h7-14,20H,3-6,15H2,1-2H3/t20-/m1/s1. The van der Waals surface area contributed by atoms with Gasteiger partial charge in [-0.15, -0.1) is 0 Å². The number of nitrogens with zero attached hydrogens (tertiary/aromatic N) is 1. The first-order valence-electron chi connectivity index (χ1n) is 8.63. The van der Waals surface area contributed by atoms with Crippen molar-refractivity contribution in [1.29, 1.82) is 0 Å². The van der Waals surface area contributed by atoms with Crippen molar-refractivity contribution in [1.82, 2.24) is 4.31 Å². The lowest BCUT2D eigenvalue weighted by Crippen LogP contribution is -2.34. The smallest absolute Gasteiger partial charge is 0.207 e. The number of hydrogen-bond acceptors (Lipinski definition) is 2. The summed E-state index contributed by atoms with van der Waals surface area (Å²) in [6.07, 6.45) is 3.96. The first-order chi connectivity index (χ1) is 11.5. The van der Waals surface area contributed by atoms with Gasteiger partial charge in [-0.05, 0) is 44.4 Å². The number of rotatable bonds is 3. The predicted octanol–water partition coefficient (Wildman–Crippen LogP) is 4.61. The van der Waals surface area contributed by atoms with E-state index < -0.39 is 10.0 Å². The van der Waals surface area contributed by atoms with Gasteiger partial charge in [-0.2, -0.15) is 4.31 Å². The average molecular weight is 343 g/mol. The second-order valence-electron chi connectivity index (χ2n) is 6.70. The van der Waals surface area contributed by atoms with Crippen molar-refractivity contribution < 1.29 is 8.42 Å². The molecule has 1 atom stereocenters. The Morgan fingerprint density at radius 1 is 0.833 bits per heavy atom. The molecule has 24 heavy (non-hydrogen) atoms. The van der Waals surface area contributed by atoms with Crippen LogP contribution < -0.4 is 0 Å². The molecule has 128 valence electrons. The van der Waals surface area contributed by atoms with Crippen LogP contribution in [-0.4, -0.2) is 19.3 Å². The highest BCUT2D eigenvalue weighted by molar-refractivity contribution is 7.89. The molecule has 3 rings (SSSR count). The maximum atomic E-state index is 13.2. The Morgan fingerprint density at radius 2 is 1.42 bits per heavy atom. The minimum Gasteiger partial charge on any atom is -0.207 e. The lowest BCUT2D eigenvalue weighted by molar-refractivity contribution is 0.329. The quantitative estimate of drug-likeness (QED) is 0.816. The topological polar surface area (TPSA) is 37.4 Å². The van der Waals surface area contributed by atoms with Gasteiger partial charge < -0.3 is 0 Å². The van der Waals surface area contributed by atoms with Gasteiger partial charge in [0.2, 0.25) is 10.0 Å². The Morgan fingerprint density at radius 3 is 2.04 bits per heavy atom. The molecule has 0 aromatic heterocycles. The molecular formula is C20H25NO2S. The fraction of sp³-hybridized carbons (Fsp3) is 0.400. The number of aryl methyl sites for hydroxylation is 2. The van der Waals surface area contributed by atoms with E-state index in [2.05, 4.69) is 31.2 Å². The van der Waals surface area contributed by atoms with Gasteiger partial charge in [-0.1, -0.05) is 60.4 Å². The number of sulfonamides is 1. The van der Waals surface area contributed by atoms with E-state index in [0.717, 1.165) is 36.8 Å². The van der Waals surface area contributed by atoms with Crippen LogP contribution in [0.1, 0.15) is 48.4 Å². The van der Waals surface area contributed by atoms with Crippen LogP contribution in [-0.2, 0) is 10.0 Å². The van der Waals surface area contributed by atoms with E-state index in [-0.39, 0.29) is 6.04 Å². The fourth-order valence-electron chi connectivity index (χ4n) is 3.34. The summed E-state index contributed by atoms with van der Waals surface area (Å²) in [7, 11) is -3.48. The Bertz CT molecular complexity index is 779. The third kappa shape index (κ3) is 3.55. The van der Waals surface area contributed by atoms with E-state index in [0.29, 0.717) is 11.4 Å². The van der Waals surface area contributed by atoms with E-state index in [9.17, 15) is 8.42 Å². The number of hydrogen-bond donors (Lipinski definition) is 0. The molecule has 3 nitrogen and oxygen atoms in total. The largest absolute Gasteiger partial charge is 0.243 e. The highest BCUT2D eigenvalue weighted by Gasteiger charge is 2.33. The summed E-state index contributed by atoms with van der Waals surface area (Å²) >= 11 is 0. The van der Waals surface area contributed by atoms with Crippen LogP contribution >= 0.6 is 0 Å². The summed E-state index contributed by atoms with van der Waals surface area (Å²) < 4.78 is 28.2. The maximum Gasteiger partial charge on any atom is 0.243 e. The van der Waals surface area contributed by atoms with Crippen LogP contribution in [0.25, 0.3) is 0 Å². The lowest BCUT2D eigenvalue weighted by Gasteiger charge is -2.29. The van der Waals surface area contributed by atoms with Gasteiger partial charge in [-0.3, -0.25) is 0 Å². The zero-order valence-electron chi connectivity index (χ0n) is 14.4. The van der Waals surface area contributed by atoms with Gasteiger partial charge in [0.05, 0.1) is 10.9 Å². The minimum absolute atomic E-state index is 0.0700. The molecule has 0 aliphatic carbocycles. The SMILES string of the molecule is Cc1ccc([C@H]2CCCCCN2S(=O)(=O)c2ccc(C)cc2)cc1. The molecule has 0 radical (unpaired) electrons. The third-order valence-corrected chi connectivity index (χ3v) is 6.72. The normalized spacial score (nSPS) is 19.8. The second kappa shape index (κ2) is 7.08. The van der Waals surface area contributed by atoms with Crippen molar-refractivity contribution in [2.45, 2.75) is 50.5 Å². The summed E-state index contributed by atoms with van der Waals surface area (Å²) in [5, 5.41) is 0. The molecule has 1 aliphatic rings. The Balaban J connectivity index is 2.00. The average Bonchev–Trinajstić information content (AvgIpc) is 2.82. The molecule has 2 aromatic rings. The molecule has 1 heterocycles. The maximum absolute atomic E-state index is 13.2. The molecule has 1 aliphatic heterocycles. The summed E-state index contributed by atoms with van der Waals surface area (Å²) in [6.45, 7) is 4.61. The molecule has 0 spiro atoms. The van der Waals surface area contributed by atoms with Crippen molar-refractivity contribution in [3.63, 3.8) is 0 Å². The molecule has 0 unspecified atom stereocenters. The number of benzene rings is 2. The van der Waals surface area contributed by atoms with E-state index in [4.69, 9.17) is 0 Å². The van der Waals surface area contributed by atoms with Crippen molar-refractivity contribution in [3.05, 3.63) is 65.2 Å². The monoisotopic (exact) mass is 343 g/mol. The second-order valence-corrected chi connectivity index (χ2v) is 8.60. The van der Waals surface area contributed by atoms with E-state index in [1.54, 1.807) is 16.4 Å². The zero-order chi connectivity index (χ0) is 17.2. The Labute approximate surface area is 145 Å². The summed E-state index contributed by atoms with van der Waals surface area (Å²) in [5.41, 5.74) is 3.36. The lowest BCUT2D eigenvalue weighted by atomic mass is 10.0. The van der Waals surface area contributed by atoms with Gasteiger partial charge in [0.1, 0.15) is 0 Å². The van der Waals surface area contributed by atoms with Gasteiger partial charge >= 0.3 is 0 Å². The van der Waals surface area contributed by atoms with Gasteiger partial charge in [0.15, 0.2) is 0 Å². The van der Waals surface area contributed by atoms with Crippen molar-refractivity contribution in [2.75, 3.05) is 6.54 Å². The van der Waals surface area contributed by atoms with Crippen LogP contribution in [0.15, 0.2) is 53.4 Å². The summed E-state index contributed by atoms with van der Waals surface area (Å²) in [5.74, 6) is 0. The molecule has 0 saturated carbocycles. The summed E-state index contributed by atoms with van der Waals surface area (Å²) in [6, 6.07) is 15.4. The van der Waals surface area contributed by atoms with Crippen LogP contribution in [0.4, 0.5) is 0 Å². The van der Waals surface area contributed by atoms with Crippen LogP contribution in [0, 0.1) is 13.8 Å². The highest BCUT2D eigenvalue weighted by atomic mass is 32.2. The molecule has 1 fully saturated rings. The van der Waals surface area contributed by atoms with E-state index in [1.165, 1.54) is 5.56 Å².